The maximum atomic E-state index is 12.3. The minimum absolute atomic E-state index is 0.00537. The summed E-state index contributed by atoms with van der Waals surface area (Å²) in [4.78, 5) is 121. The van der Waals surface area contributed by atoms with Crippen molar-refractivity contribution < 1.29 is 101 Å². The molecule has 786 valence electrons. The van der Waals surface area contributed by atoms with Crippen molar-refractivity contribution in [1.29, 1.82) is 0 Å². The molecule has 1 aliphatic heterocycles. The first kappa shape index (κ1) is 125. The SMILES string of the molecule is CCOc1ccc([N+](=O)[O-])cc1CBr.Cc1cccc(-n2c(C)cc(C=O)c2C)c1.ClCc1ccc(Cl)s1.O=C(CCNC(=O)OCc1ccccc1)Oc1ccc([N+](=O)[O-])cc1CBr.O=C(Nn1cnnc1)c1ccc(CBr)cc1.O=C(O)Cc1ccc(CBr)cc1.O=C1CCC(=O)N1c1cccc(CCl)c1.O=S(=O)(c1ccc(O)cc1)c1ccc(O)c(CBr)c1.O=[N+]([O-])c1ccc(CBr)o1.O=[N+]([O-])c1ccc(O)c(CBr)c1. The van der Waals surface area contributed by atoms with E-state index in [1.54, 1.807) is 42.5 Å². The van der Waals surface area contributed by atoms with E-state index in [4.69, 9.17) is 63.6 Å². The van der Waals surface area contributed by atoms with Gasteiger partial charge >= 0.3 is 23.9 Å². The number of aryl methyl sites for hydroxylation is 2. The van der Waals surface area contributed by atoms with Gasteiger partial charge in [0.25, 0.3) is 23.0 Å². The summed E-state index contributed by atoms with van der Waals surface area (Å²) < 4.78 is 49.3. The number of nitro benzene ring substituents is 3. The lowest BCUT2D eigenvalue weighted by Crippen LogP contribution is -2.28. The summed E-state index contributed by atoms with van der Waals surface area (Å²) in [7, 11) is -3.65. The van der Waals surface area contributed by atoms with Crippen LogP contribution in [-0.4, -0.2) is 123 Å². The van der Waals surface area contributed by atoms with Gasteiger partial charge in [0.2, 0.25) is 21.7 Å². The third-order valence-corrected chi connectivity index (χ3v) is 27.7. The third-order valence-electron chi connectivity index (χ3n) is 19.7. The number of hydrogen-bond acceptors (Lipinski definition) is 27. The van der Waals surface area contributed by atoms with Crippen molar-refractivity contribution in [2.24, 2.45) is 0 Å². The van der Waals surface area contributed by atoms with Crippen molar-refractivity contribution in [3.05, 3.63) is 401 Å². The van der Waals surface area contributed by atoms with E-state index >= 15 is 0 Å². The number of nitro groups is 4. The van der Waals surface area contributed by atoms with Gasteiger partial charge in [0, 0.05) is 149 Å². The highest BCUT2D eigenvalue weighted by molar-refractivity contribution is 9.09. The summed E-state index contributed by atoms with van der Waals surface area (Å²) in [5.74, 6) is 0.506. The monoisotopic (exact) mass is 2580 g/mol. The fraction of sp³-hybridized carbons (Fsp3) is 0.198. The van der Waals surface area contributed by atoms with E-state index in [0.29, 0.717) is 97.3 Å². The van der Waals surface area contributed by atoms with E-state index < -0.39 is 47.6 Å². The van der Waals surface area contributed by atoms with Crippen LogP contribution in [0.3, 0.4) is 0 Å². The van der Waals surface area contributed by atoms with Crippen molar-refractivity contribution in [3.63, 3.8) is 0 Å². The molecule has 48 heteroatoms. The number of carboxylic acid groups (broad SMARTS) is 1. The number of aromatic nitrogens is 4. The number of alkyl halides is 9. The Kier molecular flexibility index (Phi) is 55.1. The van der Waals surface area contributed by atoms with Crippen LogP contribution in [0.1, 0.15) is 125 Å². The molecular formula is C101H95Br7Cl3N11O25S2. The minimum Gasteiger partial charge on any atom is -0.508 e. The second-order valence-electron chi connectivity index (χ2n) is 30.3. The van der Waals surface area contributed by atoms with Gasteiger partial charge in [-0.25, -0.2) is 17.9 Å². The van der Waals surface area contributed by atoms with Crippen LogP contribution in [0, 0.1) is 61.2 Å². The maximum Gasteiger partial charge on any atom is 0.433 e. The van der Waals surface area contributed by atoms with Gasteiger partial charge in [0.15, 0.2) is 6.29 Å². The number of anilines is 1. The molecule has 0 spiro atoms. The number of hydrogen-bond donors (Lipinski definition) is 6. The molecule has 15 rings (SSSR count). The standard InChI is InChI=1S/C18H17BrN2O6.C14H15NO.C13H11BrO4S.C11H10ClNO2.C10H9BrN4O.C9H10BrNO3.C9H9BrO2.C7H6BrNO3.C5H4BrNO3.C5H4Cl2S/c19-11-14-10-15(21(24)25)6-7-16(14)27-17(22)8-9-20-18(23)26-12-13-4-2-1-3-5-13;1-10-5-4-6-14(7-10)15-11(2)8-13(9-16)12(15)3;14-8-9-7-12(5-6-13(9)16)19(17,18)11-3-1-10(15)2-4-11;12-7-8-2-1-3-9(6-8)13-10(14)4-5-11(13)15;11-5-8-1-3-9(4-2-8)10(16)14-15-6-12-13-7-15;1-2-14-9-4-3-8(11(12)13)5-7(9)6-10;10-6-8-3-1-7(2-4-8)5-9(11)12;8-4-5-3-6(9(11)12)1-2-7(5)10;6-3-4-1-2-5(10-4)7(8)9;6-3-4-1-2-5(7)8-4/h1-7,10H,8-9,11-12H2,(H,20,23);4-9H,1-3H3;1-7,15-16H,8H2;1-3,6H,4-5,7H2;1-4,6-7H,5H2,(H,14,16);3-5H,2,6H2,1H3;1-4H,5-6H2,(H,11,12);1-3,10H,4H2;1-2H,3H2;1-2H,3H2. The highest BCUT2D eigenvalue weighted by Gasteiger charge is 2.31. The largest absolute Gasteiger partial charge is 0.508 e. The number of benzene rings is 10. The number of phenols is 3. The Morgan fingerprint density at radius 2 is 1.07 bits per heavy atom. The van der Waals surface area contributed by atoms with Crippen LogP contribution in [0.4, 0.5) is 33.4 Å². The lowest BCUT2D eigenvalue weighted by molar-refractivity contribution is -0.402. The van der Waals surface area contributed by atoms with E-state index in [1.807, 2.05) is 118 Å². The average molecular weight is 2590 g/mol. The van der Waals surface area contributed by atoms with Gasteiger partial charge in [-0.05, 0) is 182 Å². The molecule has 1 saturated heterocycles. The Bertz CT molecular complexity index is 6910. The Morgan fingerprint density at radius 3 is 1.56 bits per heavy atom. The summed E-state index contributed by atoms with van der Waals surface area (Å²) in [6.45, 7) is 8.66. The number of rotatable bonds is 30. The number of alkyl carbamates (subject to hydrolysis) is 1. The molecule has 1 fully saturated rings. The first-order valence-corrected chi connectivity index (χ1v) is 55.2. The topological polar surface area (TPSA) is 511 Å². The smallest absolute Gasteiger partial charge is 0.433 e. The van der Waals surface area contributed by atoms with Gasteiger partial charge in [0.05, 0.1) is 71.3 Å². The van der Waals surface area contributed by atoms with Gasteiger partial charge in [-0.2, -0.15) is 0 Å². The Balaban J connectivity index is 0.000000257. The molecule has 0 radical (unpaired) electrons. The number of nitrogens with one attached hydrogen (secondary N) is 2. The number of aldehydes is 1. The molecule has 4 amide bonds. The number of phenolic OH excluding ortho intramolecular Hbond substituents is 3. The van der Waals surface area contributed by atoms with E-state index in [1.165, 1.54) is 136 Å². The summed E-state index contributed by atoms with van der Waals surface area (Å²) >= 11 is 40.8. The zero-order valence-corrected chi connectivity index (χ0v) is 94.3. The number of carboxylic acids is 1. The van der Waals surface area contributed by atoms with Crippen molar-refractivity contribution >= 4 is 238 Å². The molecule has 4 aromatic heterocycles. The van der Waals surface area contributed by atoms with Gasteiger partial charge in [-0.15, -0.1) is 44.7 Å². The quantitative estimate of drug-likeness (QED) is 0.00463. The van der Waals surface area contributed by atoms with Crippen molar-refractivity contribution in [3.8, 4) is 34.4 Å². The number of carbonyl (C=O) groups is 7. The fourth-order valence-electron chi connectivity index (χ4n) is 12.3. The number of halogens is 10. The molecule has 0 atom stereocenters. The summed E-state index contributed by atoms with van der Waals surface area (Å²) in [5, 5.41) is 91.3. The number of amides is 4. The molecule has 0 saturated carbocycles. The fourth-order valence-corrected chi connectivity index (χ4v) is 17.8. The summed E-state index contributed by atoms with van der Waals surface area (Å²) in [6.07, 6.45) is 3.77. The third kappa shape index (κ3) is 42.6. The van der Waals surface area contributed by atoms with Gasteiger partial charge in [-0.3, -0.25) is 79.6 Å². The highest BCUT2D eigenvalue weighted by Crippen LogP contribution is 2.33. The van der Waals surface area contributed by atoms with Crippen LogP contribution in [-0.2, 0) is 95.9 Å². The highest BCUT2D eigenvalue weighted by atomic mass is 79.9. The van der Waals surface area contributed by atoms with E-state index in [2.05, 4.69) is 162 Å². The first-order valence-electron chi connectivity index (χ1n) is 43.6. The molecule has 14 aromatic rings. The van der Waals surface area contributed by atoms with E-state index in [-0.39, 0.29) is 99.5 Å². The maximum absolute atomic E-state index is 12.3. The molecular weight excluding hydrogens is 2500 g/mol. The molecule has 149 heavy (non-hydrogen) atoms. The van der Waals surface area contributed by atoms with Gasteiger partial charge in [-0.1, -0.05) is 214 Å². The van der Waals surface area contributed by atoms with Gasteiger partial charge in [0.1, 0.15) is 58.7 Å². The predicted molar refractivity (Wildman–Crippen MR) is 592 cm³/mol. The number of non-ortho nitro benzene ring substituents is 3. The molecule has 5 heterocycles. The number of nitrogens with zero attached hydrogens (tertiary/aromatic N) is 9. The number of sulfone groups is 1. The molecule has 1 aliphatic rings. The molecule has 0 aliphatic carbocycles. The summed E-state index contributed by atoms with van der Waals surface area (Å²) in [5.41, 5.74) is 16.2. The van der Waals surface area contributed by atoms with Crippen molar-refractivity contribution in [2.45, 2.75) is 119 Å². The van der Waals surface area contributed by atoms with Crippen molar-refractivity contribution in [2.75, 3.05) is 23.5 Å². The minimum atomic E-state index is -3.65. The molecule has 0 bridgehead atoms. The Labute approximate surface area is 932 Å². The second-order valence-corrected chi connectivity index (χ2v) is 38.5. The zero-order chi connectivity index (χ0) is 110. The number of aromatic hydroxyl groups is 3. The number of ether oxygens (including phenoxy) is 3. The normalized spacial score (nSPS) is 10.8. The first-order chi connectivity index (χ1) is 71.2. The van der Waals surface area contributed by atoms with Gasteiger partial charge < -0.3 is 48.9 Å². The molecule has 6 N–H and O–H groups in total. The number of thiophene rings is 1. The summed E-state index contributed by atoms with van der Waals surface area (Å²) in [6, 6.07) is 70.0. The van der Waals surface area contributed by atoms with Crippen LogP contribution in [0.15, 0.2) is 282 Å². The predicted octanol–water partition coefficient (Wildman–Crippen LogP) is 25.9. The number of furan rings is 1. The molecule has 0 unspecified atom stereocenters. The van der Waals surface area contributed by atoms with E-state index in [0.717, 1.165) is 82.2 Å². The molecule has 10 aromatic carbocycles. The average Bonchev–Trinajstić information content (AvgIpc) is 1.75. The van der Waals surface area contributed by atoms with Crippen LogP contribution < -0.4 is 25.1 Å². The lowest BCUT2D eigenvalue weighted by Gasteiger charge is -2.14. The Morgan fingerprint density at radius 1 is 0.544 bits per heavy atom. The number of aliphatic carboxylic acids is 1. The van der Waals surface area contributed by atoms with Crippen LogP contribution in [0.25, 0.3) is 5.69 Å². The van der Waals surface area contributed by atoms with Crippen LogP contribution >= 0.6 is 158 Å². The number of carbonyl (C=O) groups excluding carboxylic acids is 6. The van der Waals surface area contributed by atoms with Crippen LogP contribution in [0.5, 0.6) is 28.7 Å². The molecule has 36 nitrogen and oxygen atoms in total. The zero-order valence-electron chi connectivity index (χ0n) is 79.3. The number of imide groups is 1. The van der Waals surface area contributed by atoms with E-state index in [9.17, 15) is 92.6 Å². The second kappa shape index (κ2) is 65.8. The number of esters is 1. The van der Waals surface area contributed by atoms with Crippen molar-refractivity contribution in [1.82, 2.24) is 24.8 Å². The lowest BCUT2D eigenvalue weighted by atomic mass is 10.1. The Hall–Kier alpha value is -12.9. The van der Waals surface area contributed by atoms with Crippen LogP contribution in [0.2, 0.25) is 4.34 Å².